The first-order valence-corrected chi connectivity index (χ1v) is 9.39. The second-order valence-corrected chi connectivity index (χ2v) is 7.45. The third-order valence-electron chi connectivity index (χ3n) is 4.94. The maximum Gasteiger partial charge on any atom is 0.490 e. The molecule has 0 aliphatic carbocycles. The summed E-state index contributed by atoms with van der Waals surface area (Å²) in [5, 5.41) is 10.1. The van der Waals surface area contributed by atoms with Crippen molar-refractivity contribution >= 4 is 17.8 Å². The Labute approximate surface area is 171 Å². The Morgan fingerprint density at radius 1 is 1.33 bits per heavy atom. The molecule has 3 atom stereocenters. The lowest BCUT2D eigenvalue weighted by Crippen LogP contribution is -2.36. The van der Waals surface area contributed by atoms with E-state index < -0.39 is 12.1 Å². The van der Waals surface area contributed by atoms with Gasteiger partial charge in [-0.3, -0.25) is 14.6 Å². The summed E-state index contributed by atoms with van der Waals surface area (Å²) in [5.74, 6) is -2.11. The number of aromatic nitrogens is 1. The Kier molecular flexibility index (Phi) is 7.77. The predicted molar refractivity (Wildman–Crippen MR) is 98.4 cm³/mol. The minimum Gasteiger partial charge on any atom is -0.475 e. The van der Waals surface area contributed by atoms with E-state index in [4.69, 9.17) is 14.6 Å². The molecule has 0 radical (unpaired) electrons. The maximum absolute atomic E-state index is 12.1. The number of alkyl halides is 3. The molecule has 2 saturated heterocycles. The van der Waals surface area contributed by atoms with Crippen LogP contribution in [0.25, 0.3) is 0 Å². The molecular formula is C19H24F3N3O5. The van der Waals surface area contributed by atoms with Crippen LogP contribution >= 0.6 is 0 Å². The Morgan fingerprint density at radius 2 is 2.00 bits per heavy atom. The Morgan fingerprint density at radius 3 is 2.53 bits per heavy atom. The number of rotatable bonds is 4. The number of nitrogens with zero attached hydrogens (tertiary/aromatic N) is 2. The van der Waals surface area contributed by atoms with E-state index in [2.05, 4.69) is 10.3 Å². The number of carboxylic acid groups (broad SMARTS) is 1. The van der Waals surface area contributed by atoms with Gasteiger partial charge in [0.2, 0.25) is 5.91 Å². The molecule has 0 aromatic carbocycles. The van der Waals surface area contributed by atoms with Crippen molar-refractivity contribution in [3.63, 3.8) is 0 Å². The topological polar surface area (TPSA) is 109 Å². The predicted octanol–water partition coefficient (Wildman–Crippen LogP) is 1.57. The largest absolute Gasteiger partial charge is 0.490 e. The first-order valence-electron chi connectivity index (χ1n) is 9.39. The van der Waals surface area contributed by atoms with Crippen LogP contribution in [0.2, 0.25) is 0 Å². The highest BCUT2D eigenvalue weighted by Crippen LogP contribution is 2.33. The zero-order chi connectivity index (χ0) is 22.5. The number of halogens is 3. The number of nitrogens with one attached hydrogen (secondary N) is 1. The van der Waals surface area contributed by atoms with Crippen LogP contribution < -0.4 is 5.32 Å². The van der Waals surface area contributed by atoms with Gasteiger partial charge in [0.25, 0.3) is 5.91 Å². The lowest BCUT2D eigenvalue weighted by molar-refractivity contribution is -0.192. The van der Waals surface area contributed by atoms with Crippen LogP contribution in [0.5, 0.6) is 0 Å². The smallest absolute Gasteiger partial charge is 0.475 e. The second kappa shape index (κ2) is 9.88. The van der Waals surface area contributed by atoms with Crippen molar-refractivity contribution in [2.24, 2.45) is 17.8 Å². The van der Waals surface area contributed by atoms with E-state index in [0.717, 1.165) is 6.54 Å². The average molecular weight is 431 g/mol. The summed E-state index contributed by atoms with van der Waals surface area (Å²) < 4.78 is 37.6. The molecule has 8 nitrogen and oxygen atoms in total. The average Bonchev–Trinajstić information content (AvgIpc) is 3.27. The summed E-state index contributed by atoms with van der Waals surface area (Å²) in [6.45, 7) is 6.46. The zero-order valence-electron chi connectivity index (χ0n) is 16.6. The fourth-order valence-corrected chi connectivity index (χ4v) is 3.38. The van der Waals surface area contributed by atoms with Crippen LogP contribution in [-0.2, 0) is 14.3 Å². The van der Waals surface area contributed by atoms with Gasteiger partial charge in [-0.15, -0.1) is 0 Å². The summed E-state index contributed by atoms with van der Waals surface area (Å²) in [5.41, 5.74) is 0.561. The van der Waals surface area contributed by atoms with Crippen LogP contribution in [0.4, 0.5) is 13.2 Å². The molecule has 0 unspecified atom stereocenters. The number of carbonyl (C=O) groups excluding carboxylic acids is 2. The van der Waals surface area contributed by atoms with Gasteiger partial charge in [0.15, 0.2) is 0 Å². The Bertz CT molecular complexity index is 758. The molecule has 3 heterocycles. The number of pyridine rings is 1. The normalized spacial score (nSPS) is 22.9. The molecule has 2 amide bonds. The van der Waals surface area contributed by atoms with Crippen molar-refractivity contribution in [3.8, 4) is 0 Å². The van der Waals surface area contributed by atoms with E-state index in [9.17, 15) is 22.8 Å². The van der Waals surface area contributed by atoms with Crippen molar-refractivity contribution in [3.05, 3.63) is 30.1 Å². The number of hydrogen-bond donors (Lipinski definition) is 2. The van der Waals surface area contributed by atoms with Gasteiger partial charge >= 0.3 is 12.1 Å². The highest BCUT2D eigenvalue weighted by molar-refractivity contribution is 5.93. The molecule has 2 aliphatic heterocycles. The minimum absolute atomic E-state index is 0.0116. The Balaban J connectivity index is 0.000000396. The highest BCUT2D eigenvalue weighted by atomic mass is 19.4. The molecule has 2 aliphatic rings. The van der Waals surface area contributed by atoms with Crippen LogP contribution in [0.15, 0.2) is 24.5 Å². The molecule has 2 fully saturated rings. The monoisotopic (exact) mass is 431 g/mol. The van der Waals surface area contributed by atoms with E-state index in [1.165, 1.54) is 0 Å². The molecule has 30 heavy (non-hydrogen) atoms. The molecular weight excluding hydrogens is 407 g/mol. The van der Waals surface area contributed by atoms with Crippen LogP contribution in [0.3, 0.4) is 0 Å². The lowest BCUT2D eigenvalue weighted by Gasteiger charge is -2.21. The zero-order valence-corrected chi connectivity index (χ0v) is 16.6. The van der Waals surface area contributed by atoms with Gasteiger partial charge in [0.05, 0.1) is 18.3 Å². The van der Waals surface area contributed by atoms with Gasteiger partial charge in [0, 0.05) is 49.8 Å². The SMILES string of the molecule is CC(C)C(=O)N1C[C@@H]2[C@H](CNC(=O)c3cccnc3)CO[C@@H]2C1.O=C(O)C(F)(F)F. The van der Waals surface area contributed by atoms with Gasteiger partial charge in [0.1, 0.15) is 0 Å². The molecule has 3 rings (SSSR count). The molecule has 1 aromatic heterocycles. The van der Waals surface area contributed by atoms with Gasteiger partial charge in [-0.25, -0.2) is 4.79 Å². The number of aliphatic carboxylic acids is 1. The third-order valence-corrected chi connectivity index (χ3v) is 4.94. The molecule has 2 N–H and O–H groups in total. The second-order valence-electron chi connectivity index (χ2n) is 7.45. The lowest BCUT2D eigenvalue weighted by atomic mass is 9.93. The number of fused-ring (bicyclic) bond motifs is 1. The molecule has 0 spiro atoms. The van der Waals surface area contributed by atoms with E-state index in [-0.39, 0.29) is 29.8 Å². The van der Waals surface area contributed by atoms with Crippen molar-refractivity contribution in [1.29, 1.82) is 0 Å². The van der Waals surface area contributed by atoms with Crippen LogP contribution in [-0.4, -0.2) is 71.3 Å². The Hall–Kier alpha value is -2.69. The van der Waals surface area contributed by atoms with Crippen molar-refractivity contribution in [2.75, 3.05) is 26.2 Å². The molecule has 11 heteroatoms. The van der Waals surface area contributed by atoms with Crippen molar-refractivity contribution in [1.82, 2.24) is 15.2 Å². The fraction of sp³-hybridized carbons (Fsp3) is 0.579. The quantitative estimate of drug-likeness (QED) is 0.749. The van der Waals surface area contributed by atoms with Gasteiger partial charge in [-0.05, 0) is 12.1 Å². The number of ether oxygens (including phenoxy) is 1. The summed E-state index contributed by atoms with van der Waals surface area (Å²) in [4.78, 5) is 39.0. The van der Waals surface area contributed by atoms with E-state index in [1.807, 2.05) is 18.7 Å². The van der Waals surface area contributed by atoms with Crippen molar-refractivity contribution in [2.45, 2.75) is 26.1 Å². The summed E-state index contributed by atoms with van der Waals surface area (Å²) >= 11 is 0. The standard InChI is InChI=1S/C17H23N3O3.C2HF3O2/c1-11(2)17(22)20-8-14-13(10-23-15(14)9-20)7-19-16(21)12-4-3-5-18-6-12;3-2(4,5)1(6)7/h3-6,11,13-15H,7-10H2,1-2H3,(H,19,21);(H,6,7)/t13-,14-,15-;/m1./s1. The number of likely N-dealkylation sites (tertiary alicyclic amines) is 1. The van der Waals surface area contributed by atoms with Crippen LogP contribution in [0, 0.1) is 17.8 Å². The highest BCUT2D eigenvalue weighted by Gasteiger charge is 2.45. The van der Waals surface area contributed by atoms with Crippen molar-refractivity contribution < 1.29 is 37.4 Å². The van der Waals surface area contributed by atoms with E-state index in [0.29, 0.717) is 31.2 Å². The number of carboxylic acids is 1. The number of carbonyl (C=O) groups is 3. The van der Waals surface area contributed by atoms with Gasteiger partial charge < -0.3 is 20.1 Å². The first kappa shape index (κ1) is 23.6. The number of hydrogen-bond acceptors (Lipinski definition) is 5. The van der Waals surface area contributed by atoms with E-state index >= 15 is 0 Å². The summed E-state index contributed by atoms with van der Waals surface area (Å²) in [6, 6.07) is 3.49. The van der Waals surface area contributed by atoms with Gasteiger partial charge in [-0.2, -0.15) is 13.2 Å². The summed E-state index contributed by atoms with van der Waals surface area (Å²) in [7, 11) is 0. The third kappa shape index (κ3) is 6.15. The molecule has 166 valence electrons. The number of amides is 2. The van der Waals surface area contributed by atoms with Crippen LogP contribution in [0.1, 0.15) is 24.2 Å². The first-order chi connectivity index (χ1) is 14.0. The molecule has 1 aromatic rings. The van der Waals surface area contributed by atoms with E-state index in [1.54, 1.807) is 24.5 Å². The molecule has 0 saturated carbocycles. The minimum atomic E-state index is -5.08. The van der Waals surface area contributed by atoms with Gasteiger partial charge in [-0.1, -0.05) is 13.8 Å². The summed E-state index contributed by atoms with van der Waals surface area (Å²) in [6.07, 6.45) is -1.77. The molecule has 0 bridgehead atoms. The fourth-order valence-electron chi connectivity index (χ4n) is 3.38. The maximum atomic E-state index is 12.1.